The number of aliphatic carboxylic acids is 1. The first-order valence-electron chi connectivity index (χ1n) is 9.12. The lowest BCUT2D eigenvalue weighted by molar-refractivity contribution is -0.157. The number of benzene rings is 2. The maximum atomic E-state index is 12.3. The molecular weight excluding hydrogens is 372 g/mol. The van der Waals surface area contributed by atoms with Crippen LogP contribution >= 0.6 is 0 Å². The minimum atomic E-state index is -1.98. The van der Waals surface area contributed by atoms with Gasteiger partial charge >= 0.3 is 5.97 Å². The largest absolute Gasteiger partial charge is 0.479 e. The molecule has 0 bridgehead atoms. The monoisotopic (exact) mass is 394 g/mol. The molecule has 0 saturated carbocycles. The van der Waals surface area contributed by atoms with Crippen LogP contribution in [-0.2, 0) is 11.2 Å². The van der Waals surface area contributed by atoms with Gasteiger partial charge in [-0.1, -0.05) is 54.6 Å². The van der Waals surface area contributed by atoms with Crippen LogP contribution in [0, 0.1) is 0 Å². The lowest BCUT2D eigenvalue weighted by atomic mass is 9.92. The van der Waals surface area contributed by atoms with Crippen molar-refractivity contribution >= 4 is 11.9 Å². The molecule has 0 fully saturated rings. The van der Waals surface area contributed by atoms with Crippen molar-refractivity contribution < 1.29 is 19.8 Å². The minimum Gasteiger partial charge on any atom is -0.479 e. The lowest BCUT2D eigenvalue weighted by Crippen LogP contribution is -2.46. The standard InChI is InChI=1S/C21H22N4O4/c1-21(29,20(27)28)12-17(23-19(26)18-13-22-25-24-18)11-14-7-9-16(10-8-14)15-5-3-2-4-6-15/h2-10,13,17,29H,11-12H2,1H3,(H,23,26)(H,27,28)(H,22,24,25)/t17-,21-/m1/s1. The van der Waals surface area contributed by atoms with Crippen molar-refractivity contribution in [1.29, 1.82) is 0 Å². The van der Waals surface area contributed by atoms with Crippen molar-refractivity contribution in [2.75, 3.05) is 0 Å². The Bertz CT molecular complexity index is 954. The summed E-state index contributed by atoms with van der Waals surface area (Å²) in [6.07, 6.45) is 1.46. The van der Waals surface area contributed by atoms with Crippen LogP contribution in [0.15, 0.2) is 60.8 Å². The Kier molecular flexibility index (Phi) is 6.04. The van der Waals surface area contributed by atoms with Crippen LogP contribution in [0.1, 0.15) is 29.4 Å². The van der Waals surface area contributed by atoms with Gasteiger partial charge in [-0.05, 0) is 30.0 Å². The van der Waals surface area contributed by atoms with Crippen molar-refractivity contribution in [2.24, 2.45) is 0 Å². The number of carboxylic acids is 1. The summed E-state index contributed by atoms with van der Waals surface area (Å²) in [5.74, 6) is -1.84. The molecule has 0 radical (unpaired) electrons. The number of aromatic amines is 1. The molecule has 1 heterocycles. The van der Waals surface area contributed by atoms with Gasteiger partial charge in [-0.3, -0.25) is 4.79 Å². The average molecular weight is 394 g/mol. The van der Waals surface area contributed by atoms with Gasteiger partial charge in [0.2, 0.25) is 0 Å². The highest BCUT2D eigenvalue weighted by Crippen LogP contribution is 2.21. The molecule has 2 atom stereocenters. The highest BCUT2D eigenvalue weighted by molar-refractivity contribution is 5.92. The maximum Gasteiger partial charge on any atom is 0.335 e. The minimum absolute atomic E-state index is 0.0874. The number of nitrogens with zero attached hydrogens (tertiary/aromatic N) is 2. The van der Waals surface area contributed by atoms with Crippen molar-refractivity contribution in [3.8, 4) is 11.1 Å². The number of carbonyl (C=O) groups excluding carboxylic acids is 1. The highest BCUT2D eigenvalue weighted by atomic mass is 16.4. The molecule has 2 aromatic carbocycles. The summed E-state index contributed by atoms with van der Waals surface area (Å²) in [7, 11) is 0. The molecule has 0 saturated heterocycles. The van der Waals surface area contributed by atoms with Gasteiger partial charge in [0.15, 0.2) is 11.3 Å². The summed E-state index contributed by atoms with van der Waals surface area (Å²) < 4.78 is 0. The first kappa shape index (κ1) is 20.2. The Morgan fingerprint density at radius 3 is 2.34 bits per heavy atom. The fraction of sp³-hybridized carbons (Fsp3) is 0.238. The molecule has 3 rings (SSSR count). The smallest absolute Gasteiger partial charge is 0.335 e. The molecule has 8 heteroatoms. The zero-order valence-corrected chi connectivity index (χ0v) is 15.9. The molecule has 4 N–H and O–H groups in total. The number of rotatable bonds is 8. The van der Waals surface area contributed by atoms with E-state index in [1.165, 1.54) is 13.1 Å². The van der Waals surface area contributed by atoms with E-state index in [1.807, 2.05) is 54.6 Å². The van der Waals surface area contributed by atoms with Crippen LogP contribution in [-0.4, -0.2) is 49.1 Å². The Morgan fingerprint density at radius 1 is 1.10 bits per heavy atom. The molecule has 150 valence electrons. The van der Waals surface area contributed by atoms with Gasteiger partial charge in [-0.15, -0.1) is 0 Å². The molecule has 0 spiro atoms. The second kappa shape index (κ2) is 8.66. The van der Waals surface area contributed by atoms with Crippen molar-refractivity contribution in [1.82, 2.24) is 20.7 Å². The van der Waals surface area contributed by atoms with Gasteiger partial charge in [0.05, 0.1) is 6.20 Å². The second-order valence-corrected chi connectivity index (χ2v) is 7.08. The summed E-state index contributed by atoms with van der Waals surface area (Å²) in [4.78, 5) is 23.7. The summed E-state index contributed by atoms with van der Waals surface area (Å²) in [6, 6.07) is 17.1. The van der Waals surface area contributed by atoms with E-state index in [-0.39, 0.29) is 12.1 Å². The third-order valence-corrected chi connectivity index (χ3v) is 4.63. The normalized spacial score (nSPS) is 14.0. The number of aliphatic hydroxyl groups is 1. The number of H-pyrrole nitrogens is 1. The number of carbonyl (C=O) groups is 2. The number of nitrogens with one attached hydrogen (secondary N) is 2. The summed E-state index contributed by atoms with van der Waals surface area (Å²) in [5, 5.41) is 31.9. The molecule has 8 nitrogen and oxygen atoms in total. The van der Waals surface area contributed by atoms with E-state index < -0.39 is 23.5 Å². The van der Waals surface area contributed by atoms with Crippen LogP contribution in [0.25, 0.3) is 11.1 Å². The predicted molar refractivity (Wildman–Crippen MR) is 106 cm³/mol. The fourth-order valence-electron chi connectivity index (χ4n) is 3.06. The molecule has 29 heavy (non-hydrogen) atoms. The first-order chi connectivity index (χ1) is 13.8. The number of hydrogen-bond donors (Lipinski definition) is 4. The zero-order valence-electron chi connectivity index (χ0n) is 15.9. The van der Waals surface area contributed by atoms with Gasteiger partial charge in [0, 0.05) is 12.5 Å². The van der Waals surface area contributed by atoms with Crippen molar-refractivity contribution in [3.63, 3.8) is 0 Å². The maximum absolute atomic E-state index is 12.3. The molecule has 0 unspecified atom stereocenters. The number of aromatic nitrogens is 3. The Hall–Kier alpha value is -3.52. The van der Waals surface area contributed by atoms with Gasteiger partial charge in [0.25, 0.3) is 5.91 Å². The SMILES string of the molecule is C[C@@](O)(C[C@@H](Cc1ccc(-c2ccccc2)cc1)NC(=O)c1cn[nH]n1)C(=O)O. The van der Waals surface area contributed by atoms with E-state index in [4.69, 9.17) is 0 Å². The second-order valence-electron chi connectivity index (χ2n) is 7.08. The van der Waals surface area contributed by atoms with Gasteiger partial charge < -0.3 is 15.5 Å². The van der Waals surface area contributed by atoms with Crippen LogP contribution in [0.4, 0.5) is 0 Å². The Balaban J connectivity index is 1.76. The third-order valence-electron chi connectivity index (χ3n) is 4.63. The molecule has 3 aromatic rings. The highest BCUT2D eigenvalue weighted by Gasteiger charge is 2.34. The molecule has 1 aromatic heterocycles. The summed E-state index contributed by atoms with van der Waals surface area (Å²) in [5.41, 5.74) is 1.14. The van der Waals surface area contributed by atoms with Gasteiger partial charge in [0.1, 0.15) is 0 Å². The van der Waals surface area contributed by atoms with E-state index in [1.54, 1.807) is 0 Å². The Labute approximate surface area is 167 Å². The van der Waals surface area contributed by atoms with Crippen molar-refractivity contribution in [3.05, 3.63) is 72.1 Å². The van der Waals surface area contributed by atoms with Crippen LogP contribution in [0.2, 0.25) is 0 Å². The molecule has 0 aliphatic carbocycles. The summed E-state index contributed by atoms with van der Waals surface area (Å²) >= 11 is 0. The van der Waals surface area contributed by atoms with E-state index in [2.05, 4.69) is 20.7 Å². The van der Waals surface area contributed by atoms with Gasteiger partial charge in [-0.2, -0.15) is 15.4 Å². The summed E-state index contributed by atoms with van der Waals surface area (Å²) in [6.45, 7) is 1.21. The molecule has 0 aliphatic rings. The Morgan fingerprint density at radius 2 is 1.76 bits per heavy atom. The lowest BCUT2D eigenvalue weighted by Gasteiger charge is -2.26. The molecule has 0 aliphatic heterocycles. The third kappa shape index (κ3) is 5.26. The molecule has 1 amide bonds. The van der Waals surface area contributed by atoms with Crippen LogP contribution in [0.5, 0.6) is 0 Å². The van der Waals surface area contributed by atoms with E-state index in [0.717, 1.165) is 16.7 Å². The van der Waals surface area contributed by atoms with E-state index in [9.17, 15) is 19.8 Å². The van der Waals surface area contributed by atoms with Gasteiger partial charge in [-0.25, -0.2) is 4.79 Å². The average Bonchev–Trinajstić information content (AvgIpc) is 3.24. The van der Waals surface area contributed by atoms with E-state index >= 15 is 0 Å². The van der Waals surface area contributed by atoms with Crippen molar-refractivity contribution in [2.45, 2.75) is 31.4 Å². The number of hydrogen-bond acceptors (Lipinski definition) is 5. The number of amides is 1. The quantitative estimate of drug-likeness (QED) is 0.463. The topological polar surface area (TPSA) is 128 Å². The number of carboxylic acid groups (broad SMARTS) is 1. The molecular formula is C21H22N4O4. The van der Waals surface area contributed by atoms with E-state index in [0.29, 0.717) is 6.42 Å². The zero-order chi connectivity index (χ0) is 20.9. The first-order valence-corrected chi connectivity index (χ1v) is 9.12. The van der Waals surface area contributed by atoms with Crippen LogP contribution < -0.4 is 5.32 Å². The fourth-order valence-corrected chi connectivity index (χ4v) is 3.06. The predicted octanol–water partition coefficient (Wildman–Crippen LogP) is 2.04. The van der Waals surface area contributed by atoms with Crippen LogP contribution in [0.3, 0.4) is 0 Å².